The van der Waals surface area contributed by atoms with Gasteiger partial charge in [-0.25, -0.2) is 15.0 Å². The number of anilines is 2. The van der Waals surface area contributed by atoms with Crippen LogP contribution in [-0.2, 0) is 10.3 Å². The van der Waals surface area contributed by atoms with E-state index in [9.17, 15) is 4.79 Å². The van der Waals surface area contributed by atoms with Crippen molar-refractivity contribution in [3.63, 3.8) is 0 Å². The highest BCUT2D eigenvalue weighted by Crippen LogP contribution is 2.51. The van der Waals surface area contributed by atoms with Crippen LogP contribution in [0.1, 0.15) is 29.8 Å². The predicted octanol–water partition coefficient (Wildman–Crippen LogP) is 4.53. The lowest BCUT2D eigenvalue weighted by atomic mass is 9.85. The predicted molar refractivity (Wildman–Crippen MR) is 110 cm³/mol. The molecular weight excluding hydrogens is 394 g/mol. The summed E-state index contributed by atoms with van der Waals surface area (Å²) in [5.74, 6) is 0.749. The number of carbonyl (C=O) groups excluding carboxylic acids is 1. The molecule has 2 aliphatic rings. The van der Waals surface area contributed by atoms with Gasteiger partial charge >= 0.3 is 0 Å². The Labute approximate surface area is 171 Å². The first-order valence-corrected chi connectivity index (χ1v) is 10.4. The van der Waals surface area contributed by atoms with Crippen LogP contribution < -0.4 is 5.32 Å². The van der Waals surface area contributed by atoms with Gasteiger partial charge in [0.2, 0.25) is 11.9 Å². The number of hydrogen-bond acceptors (Lipinski definition) is 6. The Balaban J connectivity index is 1.44. The minimum atomic E-state index is -0.151. The molecule has 142 valence electrons. The third-order valence-electron chi connectivity index (χ3n) is 5.38. The van der Waals surface area contributed by atoms with E-state index < -0.39 is 0 Å². The lowest BCUT2D eigenvalue weighted by Crippen LogP contribution is -2.57. The van der Waals surface area contributed by atoms with Crippen molar-refractivity contribution in [2.75, 3.05) is 11.9 Å². The molecule has 2 fully saturated rings. The van der Waals surface area contributed by atoms with E-state index in [4.69, 9.17) is 16.6 Å². The van der Waals surface area contributed by atoms with Crippen LogP contribution in [0.2, 0.25) is 5.02 Å². The van der Waals surface area contributed by atoms with E-state index in [1.165, 1.54) is 0 Å². The van der Waals surface area contributed by atoms with Crippen molar-refractivity contribution >= 4 is 40.5 Å². The van der Waals surface area contributed by atoms with Gasteiger partial charge in [0.15, 0.2) is 0 Å². The van der Waals surface area contributed by atoms with Gasteiger partial charge in [-0.15, -0.1) is 11.3 Å². The maximum absolute atomic E-state index is 11.9. The number of thiazole rings is 1. The molecule has 4 heterocycles. The summed E-state index contributed by atoms with van der Waals surface area (Å²) in [6.07, 6.45) is 7.71. The molecule has 8 heteroatoms. The zero-order valence-corrected chi connectivity index (χ0v) is 16.8. The number of rotatable bonds is 4. The highest BCUT2D eigenvalue weighted by Gasteiger charge is 2.56. The summed E-state index contributed by atoms with van der Waals surface area (Å²) < 4.78 is 0. The van der Waals surface area contributed by atoms with Gasteiger partial charge in [-0.05, 0) is 43.0 Å². The highest BCUT2D eigenvalue weighted by molar-refractivity contribution is 7.15. The molecule has 3 aromatic rings. The Hall–Kier alpha value is -2.51. The van der Waals surface area contributed by atoms with Crippen LogP contribution in [0, 0.1) is 6.92 Å². The Morgan fingerprint density at radius 2 is 2.00 bits per heavy atom. The molecule has 1 amide bonds. The lowest BCUT2D eigenvalue weighted by Gasteiger charge is -2.45. The van der Waals surface area contributed by atoms with Crippen LogP contribution >= 0.6 is 22.9 Å². The first-order chi connectivity index (χ1) is 13.5. The van der Waals surface area contributed by atoms with E-state index in [1.807, 2.05) is 17.2 Å². The second-order valence-electron chi connectivity index (χ2n) is 7.32. The molecule has 2 aliphatic heterocycles. The summed E-state index contributed by atoms with van der Waals surface area (Å²) in [6.45, 7) is 2.91. The van der Waals surface area contributed by atoms with E-state index in [2.05, 4.69) is 34.3 Å². The smallest absolute Gasteiger partial charge is 0.227 e. The monoisotopic (exact) mass is 411 g/mol. The second-order valence-corrected chi connectivity index (χ2v) is 8.79. The molecular formula is C20H18ClN5OS. The number of fused-ring (bicyclic) bond motifs is 1. The maximum Gasteiger partial charge on any atom is 0.227 e. The molecule has 0 spiro atoms. The van der Waals surface area contributed by atoms with Crippen LogP contribution in [-0.4, -0.2) is 32.3 Å². The fourth-order valence-corrected chi connectivity index (χ4v) is 5.33. The molecule has 1 aromatic carbocycles. The van der Waals surface area contributed by atoms with Crippen molar-refractivity contribution in [1.29, 1.82) is 0 Å². The van der Waals surface area contributed by atoms with E-state index >= 15 is 0 Å². The van der Waals surface area contributed by atoms with Gasteiger partial charge in [-0.3, -0.25) is 4.79 Å². The Morgan fingerprint density at radius 1 is 1.18 bits per heavy atom. The maximum atomic E-state index is 11.9. The number of nitrogens with zero attached hydrogens (tertiary/aromatic N) is 4. The number of aryl methyl sites for hydroxylation is 1. The largest absolute Gasteiger partial charge is 0.330 e. The number of carbonyl (C=O) groups is 1. The van der Waals surface area contributed by atoms with Crippen LogP contribution in [0.4, 0.5) is 11.6 Å². The third-order valence-corrected chi connectivity index (χ3v) is 6.81. The van der Waals surface area contributed by atoms with E-state index in [-0.39, 0.29) is 11.4 Å². The number of aromatic nitrogens is 3. The van der Waals surface area contributed by atoms with E-state index in [1.54, 1.807) is 23.7 Å². The molecule has 28 heavy (non-hydrogen) atoms. The van der Waals surface area contributed by atoms with Gasteiger partial charge in [0.25, 0.3) is 0 Å². The summed E-state index contributed by atoms with van der Waals surface area (Å²) in [7, 11) is 0. The summed E-state index contributed by atoms with van der Waals surface area (Å²) in [5.41, 5.74) is 2.98. The SMILES string of the molecule is Cc1cc(Nc2ncc(Cl)cn2)cc(-c2cnc(C34CCCN3C(=O)C4)s2)c1. The third kappa shape index (κ3) is 2.86. The molecule has 0 bridgehead atoms. The fourth-order valence-electron chi connectivity index (χ4n) is 4.10. The molecule has 1 N–H and O–H groups in total. The van der Waals surface area contributed by atoms with Crippen molar-refractivity contribution in [3.8, 4) is 10.4 Å². The molecule has 2 saturated heterocycles. The van der Waals surface area contributed by atoms with Gasteiger partial charge in [-0.2, -0.15) is 0 Å². The molecule has 0 saturated carbocycles. The average molecular weight is 412 g/mol. The number of hydrogen-bond donors (Lipinski definition) is 1. The summed E-state index contributed by atoms with van der Waals surface area (Å²) in [5, 5.41) is 4.78. The summed E-state index contributed by atoms with van der Waals surface area (Å²) in [6, 6.07) is 6.25. The van der Waals surface area contributed by atoms with Crippen LogP contribution in [0.3, 0.4) is 0 Å². The number of halogens is 1. The first-order valence-electron chi connectivity index (χ1n) is 9.17. The highest BCUT2D eigenvalue weighted by atomic mass is 35.5. The van der Waals surface area contributed by atoms with Crippen molar-refractivity contribution in [3.05, 3.63) is 52.4 Å². The molecule has 1 atom stereocenters. The van der Waals surface area contributed by atoms with Gasteiger partial charge < -0.3 is 10.2 Å². The van der Waals surface area contributed by atoms with Crippen LogP contribution in [0.5, 0.6) is 0 Å². The van der Waals surface area contributed by atoms with Crippen molar-refractivity contribution < 1.29 is 4.79 Å². The topological polar surface area (TPSA) is 71.0 Å². The quantitative estimate of drug-likeness (QED) is 0.639. The van der Waals surface area contributed by atoms with Gasteiger partial charge in [0, 0.05) is 18.4 Å². The van der Waals surface area contributed by atoms with E-state index in [0.29, 0.717) is 17.4 Å². The molecule has 5 rings (SSSR count). The second kappa shape index (κ2) is 6.53. The van der Waals surface area contributed by atoms with Crippen molar-refractivity contribution in [2.45, 2.75) is 31.7 Å². The standard InChI is InChI=1S/C20H18ClN5OS/c1-12-5-13(7-15(6-12)25-19-23-9-14(21)10-24-19)16-11-22-18(28-16)20-3-2-4-26(20)17(27)8-20/h5-7,9-11H,2-4,8H2,1H3,(H,23,24,25). The molecule has 0 aliphatic carbocycles. The number of nitrogens with one attached hydrogen (secondary N) is 1. The van der Waals surface area contributed by atoms with Crippen molar-refractivity contribution in [2.24, 2.45) is 0 Å². The van der Waals surface area contributed by atoms with Gasteiger partial charge in [0.05, 0.1) is 28.7 Å². The fraction of sp³-hybridized carbons (Fsp3) is 0.300. The minimum absolute atomic E-state index is 0.151. The molecule has 1 unspecified atom stereocenters. The van der Waals surface area contributed by atoms with E-state index in [0.717, 1.165) is 46.1 Å². The number of β-lactam (4-membered cyclic amide) rings is 1. The Bertz CT molecular complexity index is 1070. The number of benzene rings is 1. The van der Waals surface area contributed by atoms with Crippen LogP contribution in [0.15, 0.2) is 36.8 Å². The van der Waals surface area contributed by atoms with Gasteiger partial charge in [0.1, 0.15) is 10.5 Å². The zero-order chi connectivity index (χ0) is 19.3. The minimum Gasteiger partial charge on any atom is -0.330 e. The Morgan fingerprint density at radius 3 is 2.79 bits per heavy atom. The number of amides is 1. The first kappa shape index (κ1) is 17.6. The molecule has 0 radical (unpaired) electrons. The molecule has 6 nitrogen and oxygen atoms in total. The zero-order valence-electron chi connectivity index (χ0n) is 15.3. The average Bonchev–Trinajstić information content (AvgIpc) is 3.28. The summed E-state index contributed by atoms with van der Waals surface area (Å²) >= 11 is 7.54. The van der Waals surface area contributed by atoms with Crippen molar-refractivity contribution in [1.82, 2.24) is 19.9 Å². The molecule has 2 aromatic heterocycles. The normalized spacial score (nSPS) is 20.8. The van der Waals surface area contributed by atoms with Gasteiger partial charge in [-0.1, -0.05) is 17.7 Å². The Kier molecular flexibility index (Phi) is 4.10. The lowest BCUT2D eigenvalue weighted by molar-refractivity contribution is -0.153. The van der Waals surface area contributed by atoms with Crippen LogP contribution in [0.25, 0.3) is 10.4 Å². The summed E-state index contributed by atoms with van der Waals surface area (Å²) in [4.78, 5) is 28.1.